The molecule has 0 atom stereocenters. The average molecular weight is 342 g/mol. The van der Waals surface area contributed by atoms with Gasteiger partial charge in [0.2, 0.25) is 5.95 Å². The molecule has 0 unspecified atom stereocenters. The molecule has 2 aromatic rings. The predicted molar refractivity (Wildman–Crippen MR) is 99.7 cm³/mol. The second-order valence-corrected chi connectivity index (χ2v) is 6.66. The van der Waals surface area contributed by atoms with Crippen molar-refractivity contribution < 1.29 is 9.47 Å². The second-order valence-electron chi connectivity index (χ2n) is 6.66. The number of hydrogen-bond donors (Lipinski definition) is 1. The number of aromatic nitrogens is 2. The van der Waals surface area contributed by atoms with Gasteiger partial charge < -0.3 is 19.7 Å². The van der Waals surface area contributed by atoms with Gasteiger partial charge in [-0.2, -0.15) is 4.98 Å². The number of methoxy groups -OCH3 is 2. The summed E-state index contributed by atoms with van der Waals surface area (Å²) in [5.41, 5.74) is 2.52. The van der Waals surface area contributed by atoms with E-state index in [1.165, 1.54) is 11.1 Å². The number of benzene rings is 1. The summed E-state index contributed by atoms with van der Waals surface area (Å²) in [6, 6.07) is 6.05. The molecule has 2 heterocycles. The molecular weight excluding hydrogens is 316 g/mol. The van der Waals surface area contributed by atoms with E-state index in [4.69, 9.17) is 9.47 Å². The number of rotatable bonds is 6. The summed E-state index contributed by atoms with van der Waals surface area (Å²) in [6.45, 7) is 6.91. The van der Waals surface area contributed by atoms with Gasteiger partial charge in [0.1, 0.15) is 5.82 Å². The van der Waals surface area contributed by atoms with Gasteiger partial charge in [0, 0.05) is 25.8 Å². The third-order valence-corrected chi connectivity index (χ3v) is 4.34. The van der Waals surface area contributed by atoms with Crippen LogP contribution in [0.25, 0.3) is 0 Å². The fraction of sp³-hybridized carbons (Fsp3) is 0.474. The molecule has 0 spiro atoms. The molecular formula is C19H26N4O2. The lowest BCUT2D eigenvalue weighted by atomic mass is 9.99. The fourth-order valence-electron chi connectivity index (χ4n) is 2.96. The predicted octanol–water partition coefficient (Wildman–Crippen LogP) is 3.12. The van der Waals surface area contributed by atoms with E-state index in [1.54, 1.807) is 14.2 Å². The summed E-state index contributed by atoms with van der Waals surface area (Å²) < 4.78 is 10.8. The van der Waals surface area contributed by atoms with Crippen LogP contribution in [-0.4, -0.2) is 37.3 Å². The van der Waals surface area contributed by atoms with E-state index in [0.29, 0.717) is 5.92 Å². The maximum Gasteiger partial charge on any atom is 0.227 e. The Bertz CT molecular complexity index is 733. The van der Waals surface area contributed by atoms with E-state index in [0.717, 1.165) is 49.3 Å². The second kappa shape index (κ2) is 7.59. The topological polar surface area (TPSA) is 59.5 Å². The van der Waals surface area contributed by atoms with E-state index < -0.39 is 0 Å². The molecule has 6 heteroatoms. The number of ether oxygens (including phenoxy) is 2. The standard InChI is InChI=1S/C19H26N4O2/c1-13(2)11-21-18-5-7-20-19(22-18)23-8-6-14-9-16(24-3)17(25-4)10-15(14)12-23/h5,7,9-10,13H,6,8,11-12H2,1-4H3,(H,20,21,22). The van der Waals surface area contributed by atoms with Crippen LogP contribution in [0.4, 0.5) is 11.8 Å². The molecule has 0 radical (unpaired) electrons. The molecule has 134 valence electrons. The summed E-state index contributed by atoms with van der Waals surface area (Å²) in [6.07, 6.45) is 2.75. The molecule has 0 saturated heterocycles. The minimum Gasteiger partial charge on any atom is -0.493 e. The van der Waals surface area contributed by atoms with Gasteiger partial charge in [-0.25, -0.2) is 4.98 Å². The van der Waals surface area contributed by atoms with Crippen molar-refractivity contribution in [2.24, 2.45) is 5.92 Å². The van der Waals surface area contributed by atoms with Crippen molar-refractivity contribution in [1.29, 1.82) is 0 Å². The van der Waals surface area contributed by atoms with Crippen LogP contribution in [0.15, 0.2) is 24.4 Å². The highest BCUT2D eigenvalue weighted by molar-refractivity contribution is 5.51. The highest BCUT2D eigenvalue weighted by Crippen LogP contribution is 2.33. The first-order valence-electron chi connectivity index (χ1n) is 8.66. The van der Waals surface area contributed by atoms with Crippen molar-refractivity contribution in [2.75, 3.05) is 37.5 Å². The lowest BCUT2D eigenvalue weighted by Crippen LogP contribution is -2.32. The Kier molecular flexibility index (Phi) is 5.26. The summed E-state index contributed by atoms with van der Waals surface area (Å²) in [5, 5.41) is 3.36. The Morgan fingerprint density at radius 3 is 2.56 bits per heavy atom. The summed E-state index contributed by atoms with van der Waals surface area (Å²) >= 11 is 0. The molecule has 3 rings (SSSR count). The lowest BCUT2D eigenvalue weighted by Gasteiger charge is -2.29. The van der Waals surface area contributed by atoms with Gasteiger partial charge in [-0.05, 0) is 41.7 Å². The molecule has 1 aromatic heterocycles. The first-order chi connectivity index (χ1) is 12.1. The van der Waals surface area contributed by atoms with Crippen LogP contribution in [0.5, 0.6) is 11.5 Å². The van der Waals surface area contributed by atoms with Gasteiger partial charge in [0.25, 0.3) is 0 Å². The zero-order valence-electron chi connectivity index (χ0n) is 15.4. The van der Waals surface area contributed by atoms with Gasteiger partial charge in [-0.3, -0.25) is 0 Å². The van der Waals surface area contributed by atoms with E-state index in [-0.39, 0.29) is 0 Å². The smallest absolute Gasteiger partial charge is 0.227 e. The lowest BCUT2D eigenvalue weighted by molar-refractivity contribution is 0.353. The number of anilines is 2. The van der Waals surface area contributed by atoms with Crippen molar-refractivity contribution in [3.05, 3.63) is 35.5 Å². The Morgan fingerprint density at radius 1 is 1.16 bits per heavy atom. The summed E-state index contributed by atoms with van der Waals surface area (Å²) in [7, 11) is 3.33. The van der Waals surface area contributed by atoms with Crippen LogP contribution >= 0.6 is 0 Å². The number of nitrogens with one attached hydrogen (secondary N) is 1. The maximum absolute atomic E-state index is 5.43. The van der Waals surface area contributed by atoms with Gasteiger partial charge in [-0.1, -0.05) is 13.8 Å². The van der Waals surface area contributed by atoms with Gasteiger partial charge in [0.15, 0.2) is 11.5 Å². The molecule has 1 aromatic carbocycles. The van der Waals surface area contributed by atoms with E-state index >= 15 is 0 Å². The van der Waals surface area contributed by atoms with Crippen LogP contribution in [0, 0.1) is 5.92 Å². The van der Waals surface area contributed by atoms with Crippen LogP contribution in [-0.2, 0) is 13.0 Å². The van der Waals surface area contributed by atoms with Crippen molar-refractivity contribution in [2.45, 2.75) is 26.8 Å². The summed E-state index contributed by atoms with van der Waals surface area (Å²) in [5.74, 6) is 3.75. The van der Waals surface area contributed by atoms with Crippen molar-refractivity contribution in [1.82, 2.24) is 9.97 Å². The molecule has 0 amide bonds. The first-order valence-corrected chi connectivity index (χ1v) is 8.66. The van der Waals surface area contributed by atoms with Crippen molar-refractivity contribution >= 4 is 11.8 Å². The van der Waals surface area contributed by atoms with Crippen LogP contribution in [0.2, 0.25) is 0 Å². The molecule has 1 N–H and O–H groups in total. The zero-order valence-corrected chi connectivity index (χ0v) is 15.4. The molecule has 6 nitrogen and oxygen atoms in total. The minimum atomic E-state index is 0.572. The minimum absolute atomic E-state index is 0.572. The third-order valence-electron chi connectivity index (χ3n) is 4.34. The van der Waals surface area contributed by atoms with Gasteiger partial charge in [-0.15, -0.1) is 0 Å². The van der Waals surface area contributed by atoms with Crippen LogP contribution in [0.3, 0.4) is 0 Å². The molecule has 0 saturated carbocycles. The highest BCUT2D eigenvalue weighted by Gasteiger charge is 2.21. The van der Waals surface area contributed by atoms with E-state index in [2.05, 4.69) is 46.2 Å². The number of nitrogens with zero attached hydrogens (tertiary/aromatic N) is 3. The third kappa shape index (κ3) is 3.95. The molecule has 25 heavy (non-hydrogen) atoms. The Balaban J connectivity index is 1.79. The quantitative estimate of drug-likeness (QED) is 0.870. The van der Waals surface area contributed by atoms with Crippen LogP contribution in [0.1, 0.15) is 25.0 Å². The SMILES string of the molecule is COc1cc2c(cc1OC)CN(c1nccc(NCC(C)C)n1)CC2. The molecule has 0 aliphatic carbocycles. The normalized spacial score (nSPS) is 13.6. The van der Waals surface area contributed by atoms with E-state index in [1.807, 2.05) is 12.3 Å². The summed E-state index contributed by atoms with van der Waals surface area (Å²) in [4.78, 5) is 11.3. The average Bonchev–Trinajstić information content (AvgIpc) is 2.65. The maximum atomic E-state index is 5.43. The monoisotopic (exact) mass is 342 g/mol. The van der Waals surface area contributed by atoms with Crippen LogP contribution < -0.4 is 19.7 Å². The van der Waals surface area contributed by atoms with E-state index in [9.17, 15) is 0 Å². The molecule has 0 fully saturated rings. The largest absolute Gasteiger partial charge is 0.493 e. The zero-order chi connectivity index (χ0) is 17.8. The Hall–Kier alpha value is -2.50. The molecule has 1 aliphatic heterocycles. The Morgan fingerprint density at radius 2 is 1.88 bits per heavy atom. The van der Waals surface area contributed by atoms with Gasteiger partial charge in [0.05, 0.1) is 14.2 Å². The van der Waals surface area contributed by atoms with Crippen molar-refractivity contribution in [3.8, 4) is 11.5 Å². The number of hydrogen-bond acceptors (Lipinski definition) is 6. The van der Waals surface area contributed by atoms with Crippen molar-refractivity contribution in [3.63, 3.8) is 0 Å². The fourth-order valence-corrected chi connectivity index (χ4v) is 2.96. The molecule has 1 aliphatic rings. The Labute approximate surface area is 149 Å². The first kappa shape index (κ1) is 17.3. The number of fused-ring (bicyclic) bond motifs is 1. The van der Waals surface area contributed by atoms with Gasteiger partial charge >= 0.3 is 0 Å². The molecule has 0 bridgehead atoms. The highest BCUT2D eigenvalue weighted by atomic mass is 16.5.